The van der Waals surface area contributed by atoms with Crippen LogP contribution >= 0.6 is 0 Å². The van der Waals surface area contributed by atoms with E-state index >= 15 is 0 Å². The van der Waals surface area contributed by atoms with Crippen molar-refractivity contribution in [2.24, 2.45) is 0 Å². The van der Waals surface area contributed by atoms with Crippen LogP contribution in [0.1, 0.15) is 26.7 Å². The van der Waals surface area contributed by atoms with Gasteiger partial charge < -0.3 is 9.47 Å². The number of ether oxygens (including phenoxy) is 2. The van der Waals surface area contributed by atoms with Gasteiger partial charge >= 0.3 is 11.9 Å². The molecule has 0 unspecified atom stereocenters. The van der Waals surface area contributed by atoms with Crippen LogP contribution in [0.4, 0.5) is 0 Å². The van der Waals surface area contributed by atoms with E-state index in [2.05, 4.69) is 9.47 Å². The lowest BCUT2D eigenvalue weighted by Gasteiger charge is -2.01. The molecule has 0 aliphatic carbocycles. The van der Waals surface area contributed by atoms with Gasteiger partial charge in [0.15, 0.2) is 0 Å². The topological polar surface area (TPSA) is 52.6 Å². The molecule has 4 heteroatoms. The standard InChI is InChI=1S/C8H14O4/c1-3-11-7(9)5-6-8(10)12-4-2/h3-6H2,1-2H3/i7+1. The first-order valence-electron chi connectivity index (χ1n) is 4.02. The van der Waals surface area contributed by atoms with Crippen LogP contribution in [-0.4, -0.2) is 25.2 Å². The van der Waals surface area contributed by atoms with Crippen molar-refractivity contribution in [3.63, 3.8) is 0 Å². The Labute approximate surface area is 71.8 Å². The molecule has 0 radical (unpaired) electrons. The Morgan fingerprint density at radius 1 is 0.917 bits per heavy atom. The quantitative estimate of drug-likeness (QED) is 0.460. The van der Waals surface area contributed by atoms with E-state index in [0.717, 1.165) is 0 Å². The minimum Gasteiger partial charge on any atom is -0.466 e. The van der Waals surface area contributed by atoms with Crippen molar-refractivity contribution in [2.45, 2.75) is 26.7 Å². The summed E-state index contributed by atoms with van der Waals surface area (Å²) >= 11 is 0. The Hall–Kier alpha value is -1.06. The van der Waals surface area contributed by atoms with Crippen molar-refractivity contribution >= 4 is 11.9 Å². The minimum atomic E-state index is -0.356. The summed E-state index contributed by atoms with van der Waals surface area (Å²) in [4.78, 5) is 21.4. The lowest BCUT2D eigenvalue weighted by atomic mass is 10.4. The minimum absolute atomic E-state index is 0.104. The molecule has 0 saturated carbocycles. The van der Waals surface area contributed by atoms with E-state index in [1.54, 1.807) is 13.8 Å². The average molecular weight is 175 g/mol. The number of hydrogen-bond acceptors (Lipinski definition) is 4. The summed E-state index contributed by atoms with van der Waals surface area (Å²) in [5, 5.41) is 0. The van der Waals surface area contributed by atoms with Crippen molar-refractivity contribution in [3.8, 4) is 0 Å². The second-order valence-electron chi connectivity index (χ2n) is 2.11. The number of rotatable bonds is 5. The summed E-state index contributed by atoms with van der Waals surface area (Å²) in [5.41, 5.74) is 0. The van der Waals surface area contributed by atoms with Gasteiger partial charge in [-0.25, -0.2) is 0 Å². The van der Waals surface area contributed by atoms with Crippen molar-refractivity contribution in [3.05, 3.63) is 0 Å². The lowest BCUT2D eigenvalue weighted by molar-refractivity contribution is -0.149. The van der Waals surface area contributed by atoms with Crippen LogP contribution in [0.25, 0.3) is 0 Å². The monoisotopic (exact) mass is 175 g/mol. The van der Waals surface area contributed by atoms with Gasteiger partial charge in [-0.05, 0) is 13.8 Å². The van der Waals surface area contributed by atoms with Crippen molar-refractivity contribution in [1.82, 2.24) is 0 Å². The molecule has 4 nitrogen and oxygen atoms in total. The fourth-order valence-corrected chi connectivity index (χ4v) is 0.670. The van der Waals surface area contributed by atoms with Crippen molar-refractivity contribution < 1.29 is 19.1 Å². The number of hydrogen-bond donors (Lipinski definition) is 0. The second-order valence-corrected chi connectivity index (χ2v) is 2.11. The van der Waals surface area contributed by atoms with Gasteiger partial charge in [-0.15, -0.1) is 0 Å². The lowest BCUT2D eigenvalue weighted by Crippen LogP contribution is -2.09. The van der Waals surface area contributed by atoms with Gasteiger partial charge in [0, 0.05) is 0 Å². The average Bonchev–Trinajstić information content (AvgIpc) is 2.02. The molecular weight excluding hydrogens is 161 g/mol. The third kappa shape index (κ3) is 5.70. The molecule has 0 bridgehead atoms. The highest BCUT2D eigenvalue weighted by Gasteiger charge is 2.06. The first kappa shape index (κ1) is 10.9. The maximum Gasteiger partial charge on any atom is 0.306 e. The Morgan fingerprint density at radius 2 is 1.25 bits per heavy atom. The van der Waals surface area contributed by atoms with Crippen LogP contribution in [-0.2, 0) is 19.1 Å². The summed E-state index contributed by atoms with van der Waals surface area (Å²) in [7, 11) is 0. The molecule has 0 aliphatic heterocycles. The smallest absolute Gasteiger partial charge is 0.306 e. The second kappa shape index (κ2) is 6.64. The molecule has 70 valence electrons. The maximum atomic E-state index is 10.7. The van der Waals surface area contributed by atoms with Gasteiger partial charge in [-0.2, -0.15) is 0 Å². The van der Waals surface area contributed by atoms with Gasteiger partial charge in [0.05, 0.1) is 26.1 Å². The molecule has 0 aromatic carbocycles. The number of esters is 2. The fourth-order valence-electron chi connectivity index (χ4n) is 0.670. The zero-order chi connectivity index (χ0) is 9.40. The van der Waals surface area contributed by atoms with Crippen LogP contribution in [0.2, 0.25) is 0 Å². The molecule has 0 atom stereocenters. The molecule has 0 aromatic rings. The normalized spacial score (nSPS) is 9.17. The van der Waals surface area contributed by atoms with Gasteiger partial charge in [0.2, 0.25) is 0 Å². The zero-order valence-corrected chi connectivity index (χ0v) is 7.46. The van der Waals surface area contributed by atoms with Gasteiger partial charge in [0.1, 0.15) is 0 Å². The van der Waals surface area contributed by atoms with Gasteiger partial charge in [0.25, 0.3) is 0 Å². The molecule has 0 N–H and O–H groups in total. The SMILES string of the molecule is CCOC(=O)CC[13C](=O)OCC. The third-order valence-corrected chi connectivity index (χ3v) is 1.14. The highest BCUT2D eigenvalue weighted by atomic mass is 16.6. The van der Waals surface area contributed by atoms with E-state index in [0.29, 0.717) is 13.2 Å². The number of carbonyl (C=O) groups is 2. The fraction of sp³-hybridized carbons (Fsp3) is 0.750. The highest BCUT2D eigenvalue weighted by Crippen LogP contribution is 1.95. The predicted molar refractivity (Wildman–Crippen MR) is 42.5 cm³/mol. The van der Waals surface area contributed by atoms with Crippen molar-refractivity contribution in [1.29, 1.82) is 0 Å². The Bertz CT molecular complexity index is 135. The van der Waals surface area contributed by atoms with Gasteiger partial charge in [-0.1, -0.05) is 0 Å². The maximum absolute atomic E-state index is 10.7. The summed E-state index contributed by atoms with van der Waals surface area (Å²) in [6.07, 6.45) is 0.208. The summed E-state index contributed by atoms with van der Waals surface area (Å²) in [5.74, 6) is -0.712. The molecule has 0 spiro atoms. The molecule has 0 rings (SSSR count). The largest absolute Gasteiger partial charge is 0.466 e. The van der Waals surface area contributed by atoms with Crippen LogP contribution in [0.3, 0.4) is 0 Å². The van der Waals surface area contributed by atoms with Crippen LogP contribution in [0.5, 0.6) is 0 Å². The molecular formula is C8H14O4. The first-order chi connectivity index (χ1) is 5.70. The van der Waals surface area contributed by atoms with E-state index in [-0.39, 0.29) is 24.8 Å². The molecule has 0 heterocycles. The summed E-state index contributed by atoms with van der Waals surface area (Å²) < 4.78 is 9.25. The molecule has 0 aromatic heterocycles. The van der Waals surface area contributed by atoms with Gasteiger partial charge in [-0.3, -0.25) is 9.59 Å². The predicted octanol–water partition coefficient (Wildman–Crippen LogP) is 0.893. The first-order valence-corrected chi connectivity index (χ1v) is 4.02. The third-order valence-electron chi connectivity index (χ3n) is 1.14. The molecule has 0 fully saturated rings. The van der Waals surface area contributed by atoms with Crippen LogP contribution in [0.15, 0.2) is 0 Å². The van der Waals surface area contributed by atoms with E-state index in [4.69, 9.17) is 0 Å². The van der Waals surface area contributed by atoms with E-state index < -0.39 is 0 Å². The molecule has 0 aliphatic rings. The molecule has 12 heavy (non-hydrogen) atoms. The zero-order valence-electron chi connectivity index (χ0n) is 7.46. The highest BCUT2D eigenvalue weighted by molar-refractivity contribution is 5.77. The Morgan fingerprint density at radius 3 is 1.50 bits per heavy atom. The molecule has 0 saturated heterocycles. The van der Waals surface area contributed by atoms with Crippen molar-refractivity contribution in [2.75, 3.05) is 13.2 Å². The van der Waals surface area contributed by atoms with E-state index in [1.165, 1.54) is 0 Å². The van der Waals surface area contributed by atoms with E-state index in [9.17, 15) is 9.59 Å². The Balaban J connectivity index is 3.40. The number of carbonyl (C=O) groups excluding carboxylic acids is 2. The molecule has 0 amide bonds. The summed E-state index contributed by atoms with van der Waals surface area (Å²) in [6.45, 7) is 4.15. The van der Waals surface area contributed by atoms with E-state index in [1.807, 2.05) is 0 Å². The van der Waals surface area contributed by atoms with Crippen LogP contribution < -0.4 is 0 Å². The Kier molecular flexibility index (Phi) is 6.05. The van der Waals surface area contributed by atoms with Crippen LogP contribution in [0, 0.1) is 0 Å². The summed E-state index contributed by atoms with van der Waals surface area (Å²) in [6, 6.07) is 0.